The lowest BCUT2D eigenvalue weighted by Crippen LogP contribution is -2.42. The van der Waals surface area contributed by atoms with E-state index in [9.17, 15) is 18.7 Å². The van der Waals surface area contributed by atoms with Crippen molar-refractivity contribution in [2.45, 2.75) is 38.6 Å². The highest BCUT2D eigenvalue weighted by molar-refractivity contribution is 5.94. The number of hydrogen-bond acceptors (Lipinski definition) is 5. The summed E-state index contributed by atoms with van der Waals surface area (Å²) in [6.45, 7) is 5.44. The van der Waals surface area contributed by atoms with Crippen LogP contribution in [-0.4, -0.2) is 41.9 Å². The number of aromatic amines is 1. The van der Waals surface area contributed by atoms with E-state index >= 15 is 0 Å². The summed E-state index contributed by atoms with van der Waals surface area (Å²) in [6, 6.07) is 4.27. The molecule has 0 aliphatic rings. The minimum absolute atomic E-state index is 0.141. The number of aromatic nitrogens is 5. The quantitative estimate of drug-likeness (QED) is 0.387. The Balaban J connectivity index is 1.74. The lowest BCUT2D eigenvalue weighted by molar-refractivity contribution is -0.137. The zero-order valence-electron chi connectivity index (χ0n) is 18.6. The van der Waals surface area contributed by atoms with Crippen molar-refractivity contribution in [2.24, 2.45) is 7.05 Å². The molecule has 10 heteroatoms. The number of nitrogens with zero attached hydrogens (tertiary/aromatic N) is 4. The van der Waals surface area contributed by atoms with Crippen molar-refractivity contribution >= 4 is 22.7 Å². The van der Waals surface area contributed by atoms with Crippen molar-refractivity contribution < 1.29 is 18.7 Å². The molecule has 0 fully saturated rings. The molecule has 0 spiro atoms. The molecule has 1 aromatic carbocycles. The van der Waals surface area contributed by atoms with Gasteiger partial charge in [-0.05, 0) is 30.7 Å². The van der Waals surface area contributed by atoms with Crippen LogP contribution in [-0.2, 0) is 17.3 Å². The van der Waals surface area contributed by atoms with Crippen LogP contribution >= 0.6 is 0 Å². The Morgan fingerprint density at radius 3 is 2.73 bits per heavy atom. The minimum atomic E-state index is -1.05. The number of aliphatic carboxylic acids is 1. The first-order chi connectivity index (χ1) is 15.6. The Hall–Kier alpha value is -3.82. The van der Waals surface area contributed by atoms with Crippen LogP contribution in [0.5, 0.6) is 0 Å². The van der Waals surface area contributed by atoms with Gasteiger partial charge in [-0.15, -0.1) is 0 Å². The molecule has 4 rings (SSSR count). The number of benzene rings is 1. The molecule has 0 saturated carbocycles. The summed E-state index contributed by atoms with van der Waals surface area (Å²) >= 11 is 0. The Labute approximate surface area is 188 Å². The Bertz CT molecular complexity index is 1340. The molecule has 0 bridgehead atoms. The second kappa shape index (κ2) is 8.27. The number of H-pyrrole nitrogens is 1. The van der Waals surface area contributed by atoms with Gasteiger partial charge in [0.25, 0.3) is 0 Å². The van der Waals surface area contributed by atoms with E-state index < -0.39 is 29.1 Å². The third-order valence-corrected chi connectivity index (χ3v) is 5.81. The van der Waals surface area contributed by atoms with Gasteiger partial charge in [-0.25, -0.2) is 18.7 Å². The van der Waals surface area contributed by atoms with Gasteiger partial charge in [-0.3, -0.25) is 9.48 Å². The second-order valence-corrected chi connectivity index (χ2v) is 8.65. The van der Waals surface area contributed by atoms with Gasteiger partial charge in [0.1, 0.15) is 5.82 Å². The number of halogens is 2. The fraction of sp³-hybridized carbons (Fsp3) is 0.304. The van der Waals surface area contributed by atoms with Crippen LogP contribution in [0.1, 0.15) is 31.5 Å². The molecule has 3 heterocycles. The number of carboxylic acid groups (broad SMARTS) is 1. The summed E-state index contributed by atoms with van der Waals surface area (Å²) in [5, 5.41) is 17.4. The van der Waals surface area contributed by atoms with Gasteiger partial charge in [-0.1, -0.05) is 13.8 Å². The van der Waals surface area contributed by atoms with Crippen molar-refractivity contribution in [1.29, 1.82) is 0 Å². The smallest absolute Gasteiger partial charge is 0.305 e. The predicted molar refractivity (Wildman–Crippen MR) is 120 cm³/mol. The van der Waals surface area contributed by atoms with Crippen LogP contribution in [0.25, 0.3) is 22.3 Å². The SMILES string of the molecule is Cc1cc(F)c2[nH]cc(-c3ncc(F)c(N[C@@H](CC(=O)O)C(C)(C)c4ccn(C)n4)n3)c2c1. The number of hydrogen-bond donors (Lipinski definition) is 3. The monoisotopic (exact) mass is 454 g/mol. The molecule has 0 radical (unpaired) electrons. The molecule has 0 saturated heterocycles. The molecule has 1 atom stereocenters. The third kappa shape index (κ3) is 4.28. The van der Waals surface area contributed by atoms with Crippen molar-refractivity contribution in [3.05, 3.63) is 59.7 Å². The van der Waals surface area contributed by atoms with Gasteiger partial charge in [-0.2, -0.15) is 5.10 Å². The summed E-state index contributed by atoms with van der Waals surface area (Å²) in [5.41, 5.74) is 1.42. The average Bonchev–Trinajstić information content (AvgIpc) is 3.35. The maximum Gasteiger partial charge on any atom is 0.305 e. The molecular formula is C23H24F2N6O2. The van der Waals surface area contributed by atoms with Crippen LogP contribution < -0.4 is 5.32 Å². The van der Waals surface area contributed by atoms with Gasteiger partial charge in [0.2, 0.25) is 0 Å². The number of rotatable bonds is 7. The number of anilines is 1. The van der Waals surface area contributed by atoms with E-state index in [1.165, 1.54) is 6.07 Å². The van der Waals surface area contributed by atoms with E-state index in [0.717, 1.165) is 11.8 Å². The van der Waals surface area contributed by atoms with Crippen molar-refractivity contribution in [2.75, 3.05) is 5.32 Å². The Morgan fingerprint density at radius 2 is 2.06 bits per heavy atom. The van der Waals surface area contributed by atoms with Crippen molar-refractivity contribution in [1.82, 2.24) is 24.7 Å². The number of fused-ring (bicyclic) bond motifs is 1. The molecule has 8 nitrogen and oxygen atoms in total. The summed E-state index contributed by atoms with van der Waals surface area (Å²) in [5.74, 6) is -2.14. The van der Waals surface area contributed by atoms with Crippen LogP contribution in [0.2, 0.25) is 0 Å². The molecule has 172 valence electrons. The van der Waals surface area contributed by atoms with Crippen LogP contribution in [0, 0.1) is 18.6 Å². The highest BCUT2D eigenvalue weighted by Gasteiger charge is 2.36. The molecule has 3 aromatic heterocycles. The predicted octanol–water partition coefficient (Wildman–Crippen LogP) is 4.18. The molecule has 0 amide bonds. The van der Waals surface area contributed by atoms with E-state index in [-0.39, 0.29) is 18.1 Å². The zero-order valence-corrected chi connectivity index (χ0v) is 18.6. The molecule has 0 unspecified atom stereocenters. The van der Waals surface area contributed by atoms with E-state index in [0.29, 0.717) is 22.2 Å². The van der Waals surface area contributed by atoms with Crippen molar-refractivity contribution in [3.63, 3.8) is 0 Å². The first-order valence-corrected chi connectivity index (χ1v) is 10.3. The Morgan fingerprint density at radius 1 is 1.30 bits per heavy atom. The summed E-state index contributed by atoms with van der Waals surface area (Å²) < 4.78 is 30.6. The lowest BCUT2D eigenvalue weighted by atomic mass is 9.79. The maximum atomic E-state index is 14.7. The maximum absolute atomic E-state index is 14.7. The van der Waals surface area contributed by atoms with E-state index in [4.69, 9.17) is 0 Å². The molecular weight excluding hydrogens is 430 g/mol. The fourth-order valence-corrected chi connectivity index (χ4v) is 3.87. The number of aryl methyl sites for hydroxylation is 2. The summed E-state index contributed by atoms with van der Waals surface area (Å²) in [4.78, 5) is 22.9. The molecule has 0 aliphatic carbocycles. The van der Waals surface area contributed by atoms with E-state index in [1.54, 1.807) is 43.2 Å². The van der Waals surface area contributed by atoms with Gasteiger partial charge >= 0.3 is 5.97 Å². The highest BCUT2D eigenvalue weighted by atomic mass is 19.1. The number of carboxylic acids is 1. The number of nitrogens with one attached hydrogen (secondary N) is 2. The third-order valence-electron chi connectivity index (χ3n) is 5.81. The molecule has 0 aliphatic heterocycles. The lowest BCUT2D eigenvalue weighted by Gasteiger charge is -2.33. The van der Waals surface area contributed by atoms with Gasteiger partial charge in [0.05, 0.1) is 23.8 Å². The fourth-order valence-electron chi connectivity index (χ4n) is 3.87. The topological polar surface area (TPSA) is 109 Å². The van der Waals surface area contributed by atoms with Gasteiger partial charge in [0, 0.05) is 41.8 Å². The number of carbonyl (C=O) groups is 1. The molecule has 3 N–H and O–H groups in total. The van der Waals surface area contributed by atoms with Crippen LogP contribution in [0.4, 0.5) is 14.6 Å². The van der Waals surface area contributed by atoms with E-state index in [2.05, 4.69) is 25.4 Å². The average molecular weight is 454 g/mol. The second-order valence-electron chi connectivity index (χ2n) is 8.65. The first kappa shape index (κ1) is 22.4. The van der Waals surface area contributed by atoms with Crippen molar-refractivity contribution in [3.8, 4) is 11.4 Å². The molecule has 4 aromatic rings. The largest absolute Gasteiger partial charge is 0.481 e. The minimum Gasteiger partial charge on any atom is -0.481 e. The van der Waals surface area contributed by atoms with Gasteiger partial charge < -0.3 is 15.4 Å². The summed E-state index contributed by atoms with van der Waals surface area (Å²) in [6.07, 6.45) is 4.05. The van der Waals surface area contributed by atoms with Crippen LogP contribution in [0.15, 0.2) is 36.8 Å². The summed E-state index contributed by atoms with van der Waals surface area (Å²) in [7, 11) is 1.77. The first-order valence-electron chi connectivity index (χ1n) is 10.3. The van der Waals surface area contributed by atoms with Gasteiger partial charge in [0.15, 0.2) is 17.5 Å². The standard InChI is InChI=1S/C23H24F2N6O2/c1-12-7-13-14(10-26-20(13)15(24)8-12)21-27-11-16(25)22(29-21)28-18(9-19(32)33)23(2,3)17-5-6-31(4)30-17/h5-8,10-11,18,26H,9H2,1-4H3,(H,32,33)(H,27,28,29)/t18-/m0/s1. The highest BCUT2D eigenvalue weighted by Crippen LogP contribution is 2.32. The van der Waals surface area contributed by atoms with E-state index in [1.807, 2.05) is 13.8 Å². The van der Waals surface area contributed by atoms with Crippen LogP contribution in [0.3, 0.4) is 0 Å². The Kier molecular flexibility index (Phi) is 5.61. The normalized spacial score (nSPS) is 12.8. The zero-order chi connectivity index (χ0) is 23.9. The molecule has 33 heavy (non-hydrogen) atoms.